The van der Waals surface area contributed by atoms with Gasteiger partial charge in [0.25, 0.3) is 0 Å². The summed E-state index contributed by atoms with van der Waals surface area (Å²) in [4.78, 5) is 11.0. The normalized spacial score (nSPS) is 12.3. The van der Waals surface area contributed by atoms with Gasteiger partial charge >= 0.3 is 5.97 Å². The molecule has 100 valence electrons. The molecule has 18 heavy (non-hydrogen) atoms. The van der Waals surface area contributed by atoms with E-state index in [9.17, 15) is 4.79 Å². The largest absolute Gasteiger partial charge is 0.493 e. The van der Waals surface area contributed by atoms with Crippen molar-refractivity contribution in [1.82, 2.24) is 0 Å². The van der Waals surface area contributed by atoms with Crippen molar-refractivity contribution >= 4 is 17.6 Å². The van der Waals surface area contributed by atoms with Gasteiger partial charge in [0.1, 0.15) is 6.04 Å². The lowest BCUT2D eigenvalue weighted by Crippen LogP contribution is -2.23. The highest BCUT2D eigenvalue weighted by molar-refractivity contribution is 6.32. The van der Waals surface area contributed by atoms with E-state index in [1.165, 1.54) is 13.2 Å². The summed E-state index contributed by atoms with van der Waals surface area (Å²) < 4.78 is 10.7. The summed E-state index contributed by atoms with van der Waals surface area (Å²) in [5.74, 6) is -0.506. The Labute approximate surface area is 110 Å². The molecular weight excluding hydrogens is 258 g/mol. The predicted molar refractivity (Wildman–Crippen MR) is 68.3 cm³/mol. The third kappa shape index (κ3) is 3.05. The van der Waals surface area contributed by atoms with E-state index in [1.54, 1.807) is 6.07 Å². The topological polar surface area (TPSA) is 81.8 Å². The van der Waals surface area contributed by atoms with E-state index in [4.69, 9.17) is 31.9 Å². The molecule has 1 aromatic rings. The van der Waals surface area contributed by atoms with E-state index < -0.39 is 12.0 Å². The first-order valence-electron chi connectivity index (χ1n) is 5.39. The zero-order valence-electron chi connectivity index (χ0n) is 10.4. The van der Waals surface area contributed by atoms with Gasteiger partial charge in [-0.25, -0.2) is 0 Å². The molecule has 0 bridgehead atoms. The Kier molecular flexibility index (Phi) is 4.81. The van der Waals surface area contributed by atoms with Crippen LogP contribution >= 0.6 is 11.6 Å². The van der Waals surface area contributed by atoms with Gasteiger partial charge in [0.15, 0.2) is 11.5 Å². The molecule has 6 heteroatoms. The molecule has 3 N–H and O–H groups in total. The lowest BCUT2D eigenvalue weighted by molar-refractivity contribution is -0.138. The number of halogens is 1. The number of ether oxygens (including phenoxy) is 2. The second-order valence-corrected chi connectivity index (χ2v) is 4.38. The number of methoxy groups -OCH3 is 1. The number of aliphatic carboxylic acids is 1. The standard InChI is InChI=1S/C12H16ClNO4/c1-6(2)18-11-8(17-3)5-4-7(13)9(11)10(14)12(15)16/h4-6,10H,14H2,1-3H3,(H,15,16). The van der Waals surface area contributed by atoms with Crippen LogP contribution in [0.4, 0.5) is 0 Å². The SMILES string of the molecule is COc1ccc(Cl)c(C(N)C(=O)O)c1OC(C)C. The maximum Gasteiger partial charge on any atom is 0.325 e. The van der Waals surface area contributed by atoms with Gasteiger partial charge in [0.2, 0.25) is 0 Å². The highest BCUT2D eigenvalue weighted by atomic mass is 35.5. The van der Waals surface area contributed by atoms with E-state index in [1.807, 2.05) is 13.8 Å². The Morgan fingerprint density at radius 2 is 2.06 bits per heavy atom. The first-order chi connectivity index (χ1) is 8.38. The lowest BCUT2D eigenvalue weighted by Gasteiger charge is -2.20. The molecule has 0 saturated carbocycles. The quantitative estimate of drug-likeness (QED) is 0.860. The summed E-state index contributed by atoms with van der Waals surface area (Å²) in [5, 5.41) is 9.24. The van der Waals surface area contributed by atoms with Crippen molar-refractivity contribution in [2.45, 2.75) is 26.0 Å². The molecular formula is C12H16ClNO4. The van der Waals surface area contributed by atoms with Gasteiger partial charge in [-0.3, -0.25) is 4.79 Å². The fourth-order valence-electron chi connectivity index (χ4n) is 1.49. The number of nitrogens with two attached hydrogens (primary N) is 1. The molecule has 1 atom stereocenters. The molecule has 0 aromatic heterocycles. The molecule has 0 aliphatic heterocycles. The second-order valence-electron chi connectivity index (χ2n) is 3.97. The highest BCUT2D eigenvalue weighted by Crippen LogP contribution is 2.39. The van der Waals surface area contributed by atoms with Gasteiger partial charge in [0.05, 0.1) is 13.2 Å². The number of rotatable bonds is 5. The number of carbonyl (C=O) groups is 1. The number of benzene rings is 1. The fourth-order valence-corrected chi connectivity index (χ4v) is 1.75. The number of carboxylic acids is 1. The zero-order valence-corrected chi connectivity index (χ0v) is 11.2. The maximum absolute atomic E-state index is 11.0. The molecule has 0 radical (unpaired) electrons. The summed E-state index contributed by atoms with van der Waals surface area (Å²) >= 11 is 6.00. The monoisotopic (exact) mass is 273 g/mol. The van der Waals surface area contributed by atoms with Crippen molar-refractivity contribution in [2.75, 3.05) is 7.11 Å². The number of hydrogen-bond acceptors (Lipinski definition) is 4. The van der Waals surface area contributed by atoms with E-state index in [0.717, 1.165) is 0 Å². The van der Waals surface area contributed by atoms with Gasteiger partial charge in [-0.05, 0) is 26.0 Å². The van der Waals surface area contributed by atoms with Gasteiger partial charge in [-0.15, -0.1) is 0 Å². The second kappa shape index (κ2) is 5.93. The summed E-state index contributed by atoms with van der Waals surface area (Å²) in [6.45, 7) is 3.63. The molecule has 0 amide bonds. The minimum absolute atomic E-state index is 0.155. The van der Waals surface area contributed by atoms with Crippen LogP contribution < -0.4 is 15.2 Å². The molecule has 0 aliphatic carbocycles. The predicted octanol–water partition coefficient (Wildman–Crippen LogP) is 2.22. The molecule has 0 fully saturated rings. The van der Waals surface area contributed by atoms with Gasteiger partial charge < -0.3 is 20.3 Å². The van der Waals surface area contributed by atoms with Crippen molar-refractivity contribution in [1.29, 1.82) is 0 Å². The Hall–Kier alpha value is -1.46. The summed E-state index contributed by atoms with van der Waals surface area (Å²) in [6.07, 6.45) is -0.155. The third-order valence-corrected chi connectivity index (χ3v) is 2.59. The summed E-state index contributed by atoms with van der Waals surface area (Å²) in [7, 11) is 1.46. The number of carboxylic acid groups (broad SMARTS) is 1. The molecule has 1 aromatic carbocycles. The molecule has 1 rings (SSSR count). The average Bonchev–Trinajstić information content (AvgIpc) is 2.28. The Balaban J connectivity index is 3.39. The van der Waals surface area contributed by atoms with Crippen LogP contribution in [0.25, 0.3) is 0 Å². The zero-order chi connectivity index (χ0) is 13.9. The molecule has 0 heterocycles. The molecule has 1 unspecified atom stereocenters. The van der Waals surface area contributed by atoms with E-state index >= 15 is 0 Å². The van der Waals surface area contributed by atoms with Gasteiger partial charge in [-0.2, -0.15) is 0 Å². The third-order valence-electron chi connectivity index (χ3n) is 2.26. The summed E-state index contributed by atoms with van der Waals surface area (Å²) in [5.41, 5.74) is 5.84. The number of hydrogen-bond donors (Lipinski definition) is 2. The van der Waals surface area contributed by atoms with E-state index in [-0.39, 0.29) is 22.4 Å². The minimum atomic E-state index is -1.26. The van der Waals surface area contributed by atoms with Crippen LogP contribution in [0.1, 0.15) is 25.5 Å². The van der Waals surface area contributed by atoms with Crippen molar-refractivity contribution in [3.63, 3.8) is 0 Å². The Bertz CT molecular complexity index is 448. The van der Waals surface area contributed by atoms with Gasteiger partial charge in [0, 0.05) is 10.6 Å². The van der Waals surface area contributed by atoms with Gasteiger partial charge in [-0.1, -0.05) is 11.6 Å². The molecule has 5 nitrogen and oxygen atoms in total. The van der Waals surface area contributed by atoms with E-state index in [0.29, 0.717) is 5.75 Å². The van der Waals surface area contributed by atoms with Crippen LogP contribution in [0.15, 0.2) is 12.1 Å². The Morgan fingerprint density at radius 3 is 2.50 bits per heavy atom. The smallest absolute Gasteiger partial charge is 0.325 e. The average molecular weight is 274 g/mol. The van der Waals surface area contributed by atoms with Crippen LogP contribution in [0.2, 0.25) is 5.02 Å². The first-order valence-corrected chi connectivity index (χ1v) is 5.77. The minimum Gasteiger partial charge on any atom is -0.493 e. The van der Waals surface area contributed by atoms with Crippen LogP contribution in [0.3, 0.4) is 0 Å². The van der Waals surface area contributed by atoms with Crippen molar-refractivity contribution in [3.8, 4) is 11.5 Å². The van der Waals surface area contributed by atoms with Crippen LogP contribution in [0, 0.1) is 0 Å². The maximum atomic E-state index is 11.0. The van der Waals surface area contributed by atoms with Crippen LogP contribution in [-0.2, 0) is 4.79 Å². The van der Waals surface area contributed by atoms with Crippen LogP contribution in [0.5, 0.6) is 11.5 Å². The lowest BCUT2D eigenvalue weighted by atomic mass is 10.1. The molecule has 0 aliphatic rings. The Morgan fingerprint density at radius 1 is 1.44 bits per heavy atom. The van der Waals surface area contributed by atoms with Crippen molar-refractivity contribution in [2.24, 2.45) is 5.73 Å². The molecule has 0 saturated heterocycles. The summed E-state index contributed by atoms with van der Waals surface area (Å²) in [6, 6.07) is 1.88. The molecule has 0 spiro atoms. The van der Waals surface area contributed by atoms with Crippen molar-refractivity contribution in [3.05, 3.63) is 22.7 Å². The van der Waals surface area contributed by atoms with Crippen LogP contribution in [-0.4, -0.2) is 24.3 Å². The fraction of sp³-hybridized carbons (Fsp3) is 0.417. The van der Waals surface area contributed by atoms with E-state index in [2.05, 4.69) is 0 Å². The first kappa shape index (κ1) is 14.6. The highest BCUT2D eigenvalue weighted by Gasteiger charge is 2.25. The van der Waals surface area contributed by atoms with Crippen molar-refractivity contribution < 1.29 is 19.4 Å².